The van der Waals surface area contributed by atoms with Crippen LogP contribution in [0.15, 0.2) is 0 Å². The Morgan fingerprint density at radius 1 is 1.31 bits per heavy atom. The molecule has 1 aliphatic heterocycles. The van der Waals surface area contributed by atoms with Crippen LogP contribution in [0.3, 0.4) is 0 Å². The van der Waals surface area contributed by atoms with Gasteiger partial charge in [0, 0.05) is 35.7 Å². The van der Waals surface area contributed by atoms with Crippen LogP contribution in [0.2, 0.25) is 0 Å². The minimum atomic E-state index is 0.488. The van der Waals surface area contributed by atoms with Crippen LogP contribution in [-0.2, 0) is 0 Å². The van der Waals surface area contributed by atoms with Crippen molar-refractivity contribution in [1.82, 2.24) is 4.90 Å². The molecule has 76 valence electrons. The first-order chi connectivity index (χ1) is 6.18. The van der Waals surface area contributed by atoms with Crippen LogP contribution in [0.25, 0.3) is 0 Å². The summed E-state index contributed by atoms with van der Waals surface area (Å²) in [5.41, 5.74) is 5.82. The van der Waals surface area contributed by atoms with Crippen molar-refractivity contribution >= 4 is 11.8 Å². The topological polar surface area (TPSA) is 29.3 Å². The van der Waals surface area contributed by atoms with E-state index in [1.165, 1.54) is 25.1 Å². The van der Waals surface area contributed by atoms with E-state index in [2.05, 4.69) is 30.5 Å². The van der Waals surface area contributed by atoms with Crippen LogP contribution in [0, 0.1) is 0 Å². The fourth-order valence-corrected chi connectivity index (χ4v) is 3.50. The van der Waals surface area contributed by atoms with Crippen molar-refractivity contribution in [3.63, 3.8) is 0 Å². The van der Waals surface area contributed by atoms with Crippen molar-refractivity contribution in [2.45, 2.75) is 50.1 Å². The molecule has 1 saturated carbocycles. The number of rotatable bonds is 1. The summed E-state index contributed by atoms with van der Waals surface area (Å²) in [5.74, 6) is 1.30. The first-order valence-electron chi connectivity index (χ1n) is 5.31. The Morgan fingerprint density at radius 3 is 2.62 bits per heavy atom. The van der Waals surface area contributed by atoms with Crippen LogP contribution >= 0.6 is 11.8 Å². The van der Waals surface area contributed by atoms with Crippen LogP contribution in [0.4, 0.5) is 0 Å². The first-order valence-corrected chi connectivity index (χ1v) is 6.36. The summed E-state index contributed by atoms with van der Waals surface area (Å²) in [7, 11) is 0. The van der Waals surface area contributed by atoms with Gasteiger partial charge in [0.25, 0.3) is 0 Å². The molecular weight excluding hydrogens is 180 g/mol. The summed E-state index contributed by atoms with van der Waals surface area (Å²) >= 11 is 2.11. The van der Waals surface area contributed by atoms with Crippen molar-refractivity contribution in [3.8, 4) is 0 Å². The molecule has 0 bridgehead atoms. The predicted molar refractivity (Wildman–Crippen MR) is 59.1 cm³/mol. The van der Waals surface area contributed by atoms with Crippen molar-refractivity contribution in [1.29, 1.82) is 0 Å². The van der Waals surface area contributed by atoms with E-state index in [1.54, 1.807) is 0 Å². The molecule has 0 amide bonds. The lowest BCUT2D eigenvalue weighted by Gasteiger charge is -2.48. The van der Waals surface area contributed by atoms with Gasteiger partial charge in [-0.2, -0.15) is 11.8 Å². The fraction of sp³-hybridized carbons (Fsp3) is 1.00. The van der Waals surface area contributed by atoms with Gasteiger partial charge in [-0.1, -0.05) is 6.92 Å². The second-order valence-corrected chi connectivity index (χ2v) is 5.92. The van der Waals surface area contributed by atoms with E-state index in [9.17, 15) is 0 Å². The normalized spacial score (nSPS) is 47.3. The molecule has 2 atom stereocenters. The van der Waals surface area contributed by atoms with Gasteiger partial charge in [-0.05, 0) is 19.8 Å². The van der Waals surface area contributed by atoms with Gasteiger partial charge in [0.1, 0.15) is 0 Å². The molecule has 0 radical (unpaired) electrons. The minimum Gasteiger partial charge on any atom is -0.328 e. The standard InChI is InChI=1S/C10H20N2S/c1-7-8(2)13-4-3-12(7)10-5-9(11)6-10/h7-10H,3-6,11H2,1-2H3. The highest BCUT2D eigenvalue weighted by molar-refractivity contribution is 8.00. The summed E-state index contributed by atoms with van der Waals surface area (Å²) in [6, 6.07) is 2.03. The molecule has 2 fully saturated rings. The maximum Gasteiger partial charge on any atom is 0.0187 e. The third-order valence-corrected chi connectivity index (χ3v) is 4.89. The van der Waals surface area contributed by atoms with Gasteiger partial charge < -0.3 is 5.73 Å². The maximum absolute atomic E-state index is 5.82. The second-order valence-electron chi connectivity index (χ2n) is 4.44. The number of nitrogens with zero attached hydrogens (tertiary/aromatic N) is 1. The molecule has 1 heterocycles. The molecule has 2 nitrogen and oxygen atoms in total. The molecule has 3 heteroatoms. The SMILES string of the molecule is CC1SCCN(C2CC(N)C2)C1C. The lowest BCUT2D eigenvalue weighted by molar-refractivity contribution is 0.0769. The monoisotopic (exact) mass is 200 g/mol. The molecule has 0 aromatic heterocycles. The van der Waals surface area contributed by atoms with Gasteiger partial charge in [0.05, 0.1) is 0 Å². The quantitative estimate of drug-likeness (QED) is 0.692. The Morgan fingerprint density at radius 2 is 2.00 bits per heavy atom. The largest absolute Gasteiger partial charge is 0.328 e. The van der Waals surface area contributed by atoms with E-state index in [-0.39, 0.29) is 0 Å². The van der Waals surface area contributed by atoms with Crippen molar-refractivity contribution in [2.75, 3.05) is 12.3 Å². The molecule has 1 saturated heterocycles. The summed E-state index contributed by atoms with van der Waals surface area (Å²) in [6.07, 6.45) is 2.45. The Kier molecular flexibility index (Phi) is 2.86. The van der Waals surface area contributed by atoms with Crippen LogP contribution < -0.4 is 5.73 Å². The van der Waals surface area contributed by atoms with Gasteiger partial charge >= 0.3 is 0 Å². The van der Waals surface area contributed by atoms with E-state index >= 15 is 0 Å². The lowest BCUT2D eigenvalue weighted by atomic mass is 9.85. The number of nitrogens with two attached hydrogens (primary N) is 1. The molecule has 0 spiro atoms. The average molecular weight is 200 g/mol. The number of hydrogen-bond donors (Lipinski definition) is 1. The highest BCUT2D eigenvalue weighted by Gasteiger charge is 2.36. The molecule has 2 unspecified atom stereocenters. The van der Waals surface area contributed by atoms with Crippen LogP contribution in [-0.4, -0.2) is 40.6 Å². The second kappa shape index (κ2) is 3.79. The minimum absolute atomic E-state index is 0.488. The van der Waals surface area contributed by atoms with Crippen molar-refractivity contribution in [2.24, 2.45) is 5.73 Å². The summed E-state index contributed by atoms with van der Waals surface area (Å²) in [5, 5.41) is 0.797. The molecule has 0 aromatic rings. The molecule has 1 aliphatic carbocycles. The molecular formula is C10H20N2S. The molecule has 2 aliphatic rings. The van der Waals surface area contributed by atoms with Gasteiger partial charge in [-0.15, -0.1) is 0 Å². The molecule has 2 rings (SSSR count). The third-order valence-electron chi connectivity index (χ3n) is 3.55. The Hall–Kier alpha value is 0.270. The predicted octanol–water partition coefficient (Wildman–Crippen LogP) is 1.30. The van der Waals surface area contributed by atoms with Gasteiger partial charge in [-0.3, -0.25) is 4.90 Å². The summed E-state index contributed by atoms with van der Waals surface area (Å²) < 4.78 is 0. The smallest absolute Gasteiger partial charge is 0.0187 e. The fourth-order valence-electron chi connectivity index (χ4n) is 2.37. The van der Waals surface area contributed by atoms with Crippen molar-refractivity contribution in [3.05, 3.63) is 0 Å². The maximum atomic E-state index is 5.82. The Balaban J connectivity index is 1.90. The summed E-state index contributed by atoms with van der Waals surface area (Å²) in [6.45, 7) is 5.98. The zero-order valence-electron chi connectivity index (χ0n) is 8.57. The van der Waals surface area contributed by atoms with Gasteiger partial charge in [0.15, 0.2) is 0 Å². The van der Waals surface area contributed by atoms with Crippen molar-refractivity contribution < 1.29 is 0 Å². The molecule has 13 heavy (non-hydrogen) atoms. The number of thioether (sulfide) groups is 1. The zero-order valence-corrected chi connectivity index (χ0v) is 9.39. The highest BCUT2D eigenvalue weighted by Crippen LogP contribution is 2.32. The third kappa shape index (κ3) is 1.88. The molecule has 2 N–H and O–H groups in total. The van der Waals surface area contributed by atoms with E-state index in [0.717, 1.165) is 17.3 Å². The van der Waals surface area contributed by atoms with Gasteiger partial charge in [0.2, 0.25) is 0 Å². The number of hydrogen-bond acceptors (Lipinski definition) is 3. The average Bonchev–Trinajstić information content (AvgIpc) is 2.05. The zero-order chi connectivity index (χ0) is 9.42. The van der Waals surface area contributed by atoms with E-state index < -0.39 is 0 Å². The van der Waals surface area contributed by atoms with Crippen LogP contribution in [0.5, 0.6) is 0 Å². The lowest BCUT2D eigenvalue weighted by Crippen LogP contribution is -2.57. The van der Waals surface area contributed by atoms with Gasteiger partial charge in [-0.25, -0.2) is 0 Å². The Labute approximate surface area is 85.2 Å². The van der Waals surface area contributed by atoms with Crippen LogP contribution in [0.1, 0.15) is 26.7 Å². The van der Waals surface area contributed by atoms with E-state index in [4.69, 9.17) is 5.73 Å². The molecule has 0 aromatic carbocycles. The summed E-state index contributed by atoms with van der Waals surface area (Å²) in [4.78, 5) is 2.67. The first kappa shape index (κ1) is 9.81. The van der Waals surface area contributed by atoms with E-state index in [1.807, 2.05) is 0 Å². The van der Waals surface area contributed by atoms with E-state index in [0.29, 0.717) is 6.04 Å². The highest BCUT2D eigenvalue weighted by atomic mass is 32.2. The Bertz CT molecular complexity index is 180.